The molecule has 0 unspecified atom stereocenters. The summed E-state index contributed by atoms with van der Waals surface area (Å²) in [6.45, 7) is 7.08. The Bertz CT molecular complexity index is 567. The van der Waals surface area contributed by atoms with E-state index in [0.29, 0.717) is 17.7 Å². The van der Waals surface area contributed by atoms with Gasteiger partial charge < -0.3 is 4.84 Å². The van der Waals surface area contributed by atoms with Crippen LogP contribution in [-0.2, 0) is 22.5 Å². The molecular formula is C15H18ClN3O2. The van der Waals surface area contributed by atoms with E-state index in [-0.39, 0.29) is 18.5 Å². The van der Waals surface area contributed by atoms with Crippen molar-refractivity contribution in [3.63, 3.8) is 0 Å². The van der Waals surface area contributed by atoms with E-state index in [9.17, 15) is 10.1 Å². The standard InChI is InChI=1S/C15H18ClN3O2/c1-4-11-6-7-12(9-17)13(5-2)15(11)19(10-21-18-3)14(20)8-16/h6-7H,3-5,8,10H2,1-2H3. The lowest BCUT2D eigenvalue weighted by molar-refractivity contribution is -0.117. The van der Waals surface area contributed by atoms with Gasteiger partial charge in [-0.15, -0.1) is 16.8 Å². The molecule has 0 N–H and O–H groups in total. The van der Waals surface area contributed by atoms with Crippen molar-refractivity contribution in [2.75, 3.05) is 17.5 Å². The molecule has 0 saturated carbocycles. The van der Waals surface area contributed by atoms with Gasteiger partial charge in [-0.1, -0.05) is 19.9 Å². The minimum absolute atomic E-state index is 0.0794. The van der Waals surface area contributed by atoms with E-state index < -0.39 is 0 Å². The lowest BCUT2D eigenvalue weighted by Gasteiger charge is -2.26. The highest BCUT2D eigenvalue weighted by Crippen LogP contribution is 2.30. The molecule has 1 amide bonds. The molecule has 0 aromatic heterocycles. The molecule has 0 aliphatic carbocycles. The molecule has 0 saturated heterocycles. The van der Waals surface area contributed by atoms with E-state index >= 15 is 0 Å². The van der Waals surface area contributed by atoms with Crippen LogP contribution in [0.2, 0.25) is 0 Å². The third-order valence-corrected chi connectivity index (χ3v) is 3.41. The van der Waals surface area contributed by atoms with Gasteiger partial charge in [0.05, 0.1) is 17.3 Å². The van der Waals surface area contributed by atoms with E-state index in [4.69, 9.17) is 16.4 Å². The number of benzene rings is 1. The molecule has 0 bridgehead atoms. The van der Waals surface area contributed by atoms with Crippen molar-refractivity contribution < 1.29 is 9.63 Å². The van der Waals surface area contributed by atoms with Crippen molar-refractivity contribution in [2.24, 2.45) is 5.16 Å². The zero-order valence-corrected chi connectivity index (χ0v) is 13.0. The monoisotopic (exact) mass is 307 g/mol. The first-order chi connectivity index (χ1) is 10.1. The fraction of sp³-hybridized carbons (Fsp3) is 0.400. The van der Waals surface area contributed by atoms with Gasteiger partial charge in [0, 0.05) is 6.72 Å². The number of alkyl halides is 1. The highest BCUT2D eigenvalue weighted by atomic mass is 35.5. The molecule has 0 heterocycles. The van der Waals surface area contributed by atoms with Gasteiger partial charge >= 0.3 is 0 Å². The van der Waals surface area contributed by atoms with Crippen LogP contribution in [0.5, 0.6) is 0 Å². The predicted molar refractivity (Wildman–Crippen MR) is 83.6 cm³/mol. The number of hydrogen-bond acceptors (Lipinski definition) is 4. The molecule has 6 heteroatoms. The van der Waals surface area contributed by atoms with E-state index in [1.54, 1.807) is 6.07 Å². The average molecular weight is 308 g/mol. The first kappa shape index (κ1) is 17.0. The molecular weight excluding hydrogens is 290 g/mol. The summed E-state index contributed by atoms with van der Waals surface area (Å²) in [5.74, 6) is -0.483. The van der Waals surface area contributed by atoms with Crippen molar-refractivity contribution in [2.45, 2.75) is 26.7 Å². The lowest BCUT2D eigenvalue weighted by Crippen LogP contribution is -2.35. The van der Waals surface area contributed by atoms with Crippen LogP contribution in [0.25, 0.3) is 0 Å². The molecule has 112 valence electrons. The largest absolute Gasteiger partial charge is 0.374 e. The smallest absolute Gasteiger partial charge is 0.244 e. The summed E-state index contributed by atoms with van der Waals surface area (Å²) in [6.07, 6.45) is 1.35. The highest BCUT2D eigenvalue weighted by molar-refractivity contribution is 6.29. The summed E-state index contributed by atoms with van der Waals surface area (Å²) in [5.41, 5.74) is 3.00. The fourth-order valence-electron chi connectivity index (χ4n) is 2.20. The summed E-state index contributed by atoms with van der Waals surface area (Å²) >= 11 is 5.68. The van der Waals surface area contributed by atoms with E-state index in [2.05, 4.69) is 17.9 Å². The number of carbonyl (C=O) groups is 1. The van der Waals surface area contributed by atoms with Crippen LogP contribution in [-0.4, -0.2) is 25.2 Å². The first-order valence-corrected chi connectivity index (χ1v) is 7.17. The number of aryl methyl sites for hydroxylation is 1. The Kier molecular flexibility index (Phi) is 6.70. The second-order valence-electron chi connectivity index (χ2n) is 4.26. The minimum atomic E-state index is -0.306. The first-order valence-electron chi connectivity index (χ1n) is 6.63. The number of nitriles is 1. The molecule has 1 aromatic rings. The van der Waals surface area contributed by atoms with Gasteiger partial charge in [0.15, 0.2) is 6.73 Å². The molecule has 21 heavy (non-hydrogen) atoms. The molecule has 5 nitrogen and oxygen atoms in total. The number of nitrogens with zero attached hydrogens (tertiary/aromatic N) is 3. The maximum Gasteiger partial charge on any atom is 0.244 e. The summed E-state index contributed by atoms with van der Waals surface area (Å²) in [6, 6.07) is 5.78. The van der Waals surface area contributed by atoms with Crippen LogP contribution in [0.3, 0.4) is 0 Å². The number of hydrogen-bond donors (Lipinski definition) is 0. The minimum Gasteiger partial charge on any atom is -0.374 e. The van der Waals surface area contributed by atoms with Crippen LogP contribution >= 0.6 is 11.6 Å². The van der Waals surface area contributed by atoms with Crippen molar-refractivity contribution in [1.29, 1.82) is 5.26 Å². The molecule has 0 aliphatic rings. The third-order valence-electron chi connectivity index (χ3n) is 3.18. The second kappa shape index (κ2) is 8.28. The van der Waals surface area contributed by atoms with E-state index in [1.807, 2.05) is 19.9 Å². The SMILES string of the molecule is C=NOCN(C(=O)CCl)c1c(CC)ccc(C#N)c1CC. The van der Waals surface area contributed by atoms with Crippen molar-refractivity contribution in [3.8, 4) is 6.07 Å². The summed E-state index contributed by atoms with van der Waals surface area (Å²) in [7, 11) is 0. The van der Waals surface area contributed by atoms with E-state index in [0.717, 1.165) is 17.5 Å². The Balaban J connectivity index is 3.49. The van der Waals surface area contributed by atoms with E-state index in [1.165, 1.54) is 4.90 Å². The van der Waals surface area contributed by atoms with Crippen LogP contribution in [0.1, 0.15) is 30.5 Å². The summed E-state index contributed by atoms with van der Waals surface area (Å²) in [5, 5.41) is 12.6. The molecule has 0 atom stereocenters. The molecule has 0 aliphatic heterocycles. The van der Waals surface area contributed by atoms with Crippen molar-refractivity contribution in [3.05, 3.63) is 28.8 Å². The Morgan fingerprint density at radius 2 is 2.19 bits per heavy atom. The predicted octanol–water partition coefficient (Wildman–Crippen LogP) is 2.84. The number of amides is 1. The number of carbonyl (C=O) groups excluding carboxylic acids is 1. The Labute approximate surface area is 129 Å². The maximum absolute atomic E-state index is 12.1. The van der Waals surface area contributed by atoms with Crippen LogP contribution in [0.15, 0.2) is 17.3 Å². The number of rotatable bonds is 7. The summed E-state index contributed by atoms with van der Waals surface area (Å²) in [4.78, 5) is 18.5. The van der Waals surface area contributed by atoms with Gasteiger partial charge in [-0.25, -0.2) is 0 Å². The van der Waals surface area contributed by atoms with Gasteiger partial charge in [-0.3, -0.25) is 9.69 Å². The van der Waals surface area contributed by atoms with Crippen molar-refractivity contribution >= 4 is 29.9 Å². The Hall–Kier alpha value is -2.06. The van der Waals surface area contributed by atoms with Gasteiger partial charge in [0.1, 0.15) is 5.88 Å². The fourth-order valence-corrected chi connectivity index (χ4v) is 2.35. The molecule has 1 rings (SSSR count). The van der Waals surface area contributed by atoms with Crippen LogP contribution < -0.4 is 4.90 Å². The van der Waals surface area contributed by atoms with Crippen LogP contribution in [0, 0.1) is 11.3 Å². The Morgan fingerprint density at radius 3 is 2.67 bits per heavy atom. The number of oxime groups is 1. The summed E-state index contributed by atoms with van der Waals surface area (Å²) < 4.78 is 0. The molecule has 1 aromatic carbocycles. The van der Waals surface area contributed by atoms with Gasteiger partial charge in [-0.05, 0) is 30.0 Å². The highest BCUT2D eigenvalue weighted by Gasteiger charge is 2.22. The normalized spacial score (nSPS) is 9.81. The third kappa shape index (κ3) is 3.73. The zero-order valence-electron chi connectivity index (χ0n) is 12.2. The van der Waals surface area contributed by atoms with Gasteiger partial charge in [-0.2, -0.15) is 5.26 Å². The molecule has 0 fully saturated rings. The zero-order chi connectivity index (χ0) is 15.8. The number of anilines is 1. The second-order valence-corrected chi connectivity index (χ2v) is 4.53. The maximum atomic E-state index is 12.1. The lowest BCUT2D eigenvalue weighted by atomic mass is 9.97. The van der Waals surface area contributed by atoms with Gasteiger partial charge in [0.25, 0.3) is 0 Å². The topological polar surface area (TPSA) is 65.7 Å². The number of halogens is 1. The van der Waals surface area contributed by atoms with Crippen LogP contribution in [0.4, 0.5) is 5.69 Å². The van der Waals surface area contributed by atoms with Gasteiger partial charge in [0.2, 0.25) is 5.91 Å². The Morgan fingerprint density at radius 1 is 1.48 bits per heavy atom. The average Bonchev–Trinajstić information content (AvgIpc) is 2.53. The quantitative estimate of drug-likeness (QED) is 0.337. The molecule has 0 radical (unpaired) electrons. The molecule has 0 spiro atoms. The van der Waals surface area contributed by atoms with Crippen molar-refractivity contribution in [1.82, 2.24) is 0 Å².